The number of hydrogen-bond acceptors (Lipinski definition) is 1. The lowest BCUT2D eigenvalue weighted by molar-refractivity contribution is 0.246. The molecule has 1 aromatic rings. The molecule has 26 heavy (non-hydrogen) atoms. The summed E-state index contributed by atoms with van der Waals surface area (Å²) in [6.07, 6.45) is 16.2. The molecule has 0 N–H and O–H groups in total. The maximum atomic E-state index is 5.72. The van der Waals surface area contributed by atoms with Gasteiger partial charge in [-0.05, 0) is 99.7 Å². The van der Waals surface area contributed by atoms with Crippen molar-refractivity contribution in [2.45, 2.75) is 77.0 Å². The lowest BCUT2D eigenvalue weighted by atomic mass is 9.74. The summed E-state index contributed by atoms with van der Waals surface area (Å²) in [5.74, 6) is 4.45. The van der Waals surface area contributed by atoms with Crippen molar-refractivity contribution < 1.29 is 4.74 Å². The number of benzene rings is 1. The Kier molecular flexibility index (Phi) is 7.92. The van der Waals surface area contributed by atoms with Gasteiger partial charge in [-0.2, -0.15) is 0 Å². The van der Waals surface area contributed by atoms with Crippen LogP contribution in [-0.2, 0) is 0 Å². The van der Waals surface area contributed by atoms with E-state index in [2.05, 4.69) is 30.3 Å². The summed E-state index contributed by atoms with van der Waals surface area (Å²) in [6, 6.07) is 8.84. The van der Waals surface area contributed by atoms with Crippen molar-refractivity contribution in [3.05, 3.63) is 41.4 Å². The molecule has 0 radical (unpaired) electrons. The molecule has 144 valence electrons. The third-order valence-electron chi connectivity index (χ3n) is 6.73. The summed E-state index contributed by atoms with van der Waals surface area (Å²) in [7, 11) is 0. The number of ether oxygens (including phenoxy) is 1. The van der Waals surface area contributed by atoms with E-state index in [0.717, 1.165) is 36.0 Å². The molecule has 2 fully saturated rings. The predicted molar refractivity (Wildman–Crippen MR) is 112 cm³/mol. The first-order valence-electron chi connectivity index (χ1n) is 10.8. The van der Waals surface area contributed by atoms with E-state index in [4.69, 9.17) is 16.3 Å². The molecule has 0 amide bonds. The minimum Gasteiger partial charge on any atom is -0.494 e. The molecule has 0 spiro atoms. The topological polar surface area (TPSA) is 9.23 Å². The van der Waals surface area contributed by atoms with Gasteiger partial charge >= 0.3 is 0 Å². The molecule has 0 saturated heterocycles. The van der Waals surface area contributed by atoms with Gasteiger partial charge in [-0.1, -0.05) is 42.7 Å². The van der Waals surface area contributed by atoms with Crippen molar-refractivity contribution in [1.82, 2.24) is 0 Å². The summed E-state index contributed by atoms with van der Waals surface area (Å²) in [5.41, 5.74) is 3.23. The monoisotopic (exact) mass is 374 g/mol. The Morgan fingerprint density at radius 1 is 0.885 bits per heavy atom. The molecule has 0 bridgehead atoms. The second kappa shape index (κ2) is 10.4. The van der Waals surface area contributed by atoms with Gasteiger partial charge in [-0.15, -0.1) is 0 Å². The van der Waals surface area contributed by atoms with Crippen LogP contribution in [0.15, 0.2) is 35.9 Å². The zero-order valence-electron chi connectivity index (χ0n) is 16.3. The maximum absolute atomic E-state index is 5.72. The molecule has 2 saturated carbocycles. The fourth-order valence-electron chi connectivity index (χ4n) is 5.03. The molecule has 2 aliphatic carbocycles. The highest BCUT2D eigenvalue weighted by Gasteiger charge is 2.24. The summed E-state index contributed by atoms with van der Waals surface area (Å²) in [4.78, 5) is 0. The van der Waals surface area contributed by atoms with Gasteiger partial charge in [0.1, 0.15) is 5.75 Å². The van der Waals surface area contributed by atoms with E-state index in [1.807, 2.05) is 6.92 Å². The first-order chi connectivity index (χ1) is 12.8. The quantitative estimate of drug-likeness (QED) is 0.475. The highest BCUT2D eigenvalue weighted by atomic mass is 35.5. The molecule has 0 heterocycles. The Labute approximate surface area is 165 Å². The van der Waals surface area contributed by atoms with Crippen LogP contribution >= 0.6 is 11.6 Å². The predicted octanol–water partition coefficient (Wildman–Crippen LogP) is 7.70. The first-order valence-corrected chi connectivity index (χ1v) is 11.2. The van der Waals surface area contributed by atoms with Crippen molar-refractivity contribution in [3.63, 3.8) is 0 Å². The van der Waals surface area contributed by atoms with Crippen LogP contribution in [0.5, 0.6) is 5.75 Å². The standard InChI is InChI=1S/C24H35ClO/c1-2-26-24-15-13-23(14-16-24)22-11-9-20(10-12-22)4-3-19-5-7-21(8-6-19)17-18-25/h13-22H,2-12H2,1H3/b18-17+/t19-,20?,21-,22?. The Morgan fingerprint density at radius 2 is 1.46 bits per heavy atom. The molecular formula is C24H35ClO. The third-order valence-corrected chi connectivity index (χ3v) is 6.87. The molecule has 3 rings (SSSR count). The third kappa shape index (κ3) is 5.78. The van der Waals surface area contributed by atoms with Crippen molar-refractivity contribution in [2.24, 2.45) is 17.8 Å². The molecular weight excluding hydrogens is 340 g/mol. The summed E-state index contributed by atoms with van der Waals surface area (Å²) in [5, 5.41) is 0. The minimum atomic E-state index is 0.744. The average Bonchev–Trinajstić information content (AvgIpc) is 2.69. The highest BCUT2D eigenvalue weighted by Crippen LogP contribution is 2.40. The van der Waals surface area contributed by atoms with Crippen LogP contribution < -0.4 is 4.74 Å². The molecule has 2 aliphatic rings. The molecule has 0 aliphatic heterocycles. The largest absolute Gasteiger partial charge is 0.494 e. The number of rotatable bonds is 7. The Balaban J connectivity index is 1.36. The Bertz CT molecular complexity index is 534. The van der Waals surface area contributed by atoms with Crippen LogP contribution in [0.2, 0.25) is 0 Å². The molecule has 0 atom stereocenters. The van der Waals surface area contributed by atoms with Gasteiger partial charge in [0.05, 0.1) is 6.61 Å². The first kappa shape index (κ1) is 19.8. The van der Waals surface area contributed by atoms with Gasteiger partial charge in [0.2, 0.25) is 0 Å². The molecule has 1 aromatic carbocycles. The van der Waals surface area contributed by atoms with Crippen LogP contribution in [-0.4, -0.2) is 6.61 Å². The molecule has 0 unspecified atom stereocenters. The van der Waals surface area contributed by atoms with E-state index >= 15 is 0 Å². The number of hydrogen-bond donors (Lipinski definition) is 0. The van der Waals surface area contributed by atoms with Gasteiger partial charge in [0, 0.05) is 5.54 Å². The summed E-state index contributed by atoms with van der Waals surface area (Å²) >= 11 is 5.72. The summed E-state index contributed by atoms with van der Waals surface area (Å²) < 4.78 is 5.56. The molecule has 1 nitrogen and oxygen atoms in total. The van der Waals surface area contributed by atoms with Crippen LogP contribution in [0.3, 0.4) is 0 Å². The van der Waals surface area contributed by atoms with E-state index in [9.17, 15) is 0 Å². The van der Waals surface area contributed by atoms with E-state index in [0.29, 0.717) is 0 Å². The fourth-order valence-corrected chi connectivity index (χ4v) is 5.24. The van der Waals surface area contributed by atoms with E-state index < -0.39 is 0 Å². The molecule has 2 heteroatoms. The van der Waals surface area contributed by atoms with Crippen molar-refractivity contribution >= 4 is 11.6 Å². The van der Waals surface area contributed by atoms with Crippen molar-refractivity contribution in [3.8, 4) is 5.75 Å². The van der Waals surface area contributed by atoms with Gasteiger partial charge in [-0.3, -0.25) is 0 Å². The smallest absolute Gasteiger partial charge is 0.119 e. The lowest BCUT2D eigenvalue weighted by Gasteiger charge is -2.31. The Hall–Kier alpha value is -0.950. The maximum Gasteiger partial charge on any atom is 0.119 e. The van der Waals surface area contributed by atoms with E-state index in [-0.39, 0.29) is 0 Å². The van der Waals surface area contributed by atoms with E-state index in [1.54, 1.807) is 5.54 Å². The van der Waals surface area contributed by atoms with Gasteiger partial charge in [0.15, 0.2) is 0 Å². The fraction of sp³-hybridized carbons (Fsp3) is 0.667. The van der Waals surface area contributed by atoms with Crippen LogP contribution in [0.4, 0.5) is 0 Å². The Morgan fingerprint density at radius 3 is 2.00 bits per heavy atom. The van der Waals surface area contributed by atoms with Gasteiger partial charge < -0.3 is 4.74 Å². The zero-order valence-corrected chi connectivity index (χ0v) is 17.1. The van der Waals surface area contributed by atoms with Crippen LogP contribution in [0.1, 0.15) is 82.6 Å². The second-order valence-corrected chi connectivity index (χ2v) is 8.65. The van der Waals surface area contributed by atoms with Crippen LogP contribution in [0.25, 0.3) is 0 Å². The van der Waals surface area contributed by atoms with Gasteiger partial charge in [0.25, 0.3) is 0 Å². The number of halogens is 1. The zero-order chi connectivity index (χ0) is 18.2. The second-order valence-electron chi connectivity index (χ2n) is 8.40. The lowest BCUT2D eigenvalue weighted by Crippen LogP contribution is -2.17. The van der Waals surface area contributed by atoms with Crippen molar-refractivity contribution in [1.29, 1.82) is 0 Å². The van der Waals surface area contributed by atoms with Crippen molar-refractivity contribution in [2.75, 3.05) is 6.61 Å². The SMILES string of the molecule is CCOc1ccc(C2CCC(CC[C@H]3CC[C@H](/C=C/Cl)CC3)CC2)cc1. The number of allylic oxidation sites excluding steroid dienone is 1. The average molecular weight is 375 g/mol. The summed E-state index contributed by atoms with van der Waals surface area (Å²) in [6.45, 7) is 2.79. The normalized spacial score (nSPS) is 29.8. The van der Waals surface area contributed by atoms with E-state index in [1.165, 1.54) is 69.8 Å². The molecule has 0 aromatic heterocycles. The minimum absolute atomic E-state index is 0.744. The highest BCUT2D eigenvalue weighted by molar-refractivity contribution is 6.25. The van der Waals surface area contributed by atoms with Crippen LogP contribution in [0, 0.1) is 17.8 Å². The van der Waals surface area contributed by atoms with Gasteiger partial charge in [-0.25, -0.2) is 0 Å².